The van der Waals surface area contributed by atoms with Gasteiger partial charge in [0.1, 0.15) is 23.2 Å². The van der Waals surface area contributed by atoms with Crippen LogP contribution in [0.2, 0.25) is 0 Å². The summed E-state index contributed by atoms with van der Waals surface area (Å²) in [4.78, 5) is 0. The normalized spacial score (nSPS) is 11.3. The van der Waals surface area contributed by atoms with Crippen molar-refractivity contribution in [3.8, 4) is 0 Å². The number of halogens is 3. The van der Waals surface area contributed by atoms with Gasteiger partial charge in [0.25, 0.3) is 0 Å². The van der Waals surface area contributed by atoms with Crippen molar-refractivity contribution in [3.63, 3.8) is 0 Å². The molecule has 0 saturated heterocycles. The van der Waals surface area contributed by atoms with Gasteiger partial charge in [0.2, 0.25) is 0 Å². The van der Waals surface area contributed by atoms with Crippen LogP contribution in [0, 0.1) is 0 Å². The van der Waals surface area contributed by atoms with Gasteiger partial charge in [-0.2, -0.15) is 0 Å². The summed E-state index contributed by atoms with van der Waals surface area (Å²) in [6, 6.07) is 33.4. The van der Waals surface area contributed by atoms with Gasteiger partial charge in [0.15, 0.2) is 0 Å². The summed E-state index contributed by atoms with van der Waals surface area (Å²) in [6.07, 6.45) is 3.72. The minimum absolute atomic E-state index is 0.896. The van der Waals surface area contributed by atoms with Crippen molar-refractivity contribution in [2.45, 2.75) is 19.8 Å². The fraction of sp³-hybridized carbons (Fsp3) is 0.182. The summed E-state index contributed by atoms with van der Waals surface area (Å²) in [7, 11) is 12.9. The number of unbranched alkanes of at least 4 members (excludes halogenated alkanes) is 1. The molecule has 3 aromatic carbocycles. The van der Waals surface area contributed by atoms with E-state index >= 15 is 0 Å². The van der Waals surface area contributed by atoms with Crippen LogP contribution in [0.5, 0.6) is 0 Å². The van der Waals surface area contributed by atoms with Gasteiger partial charge in [0, 0.05) is 0 Å². The van der Waals surface area contributed by atoms with E-state index in [2.05, 4.69) is 97.9 Å². The molecule has 27 heavy (non-hydrogen) atoms. The average molecular weight is 489 g/mol. The van der Waals surface area contributed by atoms with Crippen molar-refractivity contribution >= 4 is 53.5 Å². The molecule has 0 spiro atoms. The molecule has 3 aromatic rings. The van der Waals surface area contributed by atoms with Crippen LogP contribution in [-0.4, -0.2) is 6.16 Å². The maximum absolute atomic E-state index is 4.83. The molecule has 0 atom stereocenters. The van der Waals surface area contributed by atoms with Crippen molar-refractivity contribution in [1.29, 1.82) is 0 Å². The Morgan fingerprint density at radius 2 is 0.926 bits per heavy atom. The molecule has 0 heterocycles. The predicted octanol–water partition coefficient (Wildman–Crippen LogP) is 6.85. The van der Waals surface area contributed by atoms with E-state index in [9.17, 15) is 0 Å². The van der Waals surface area contributed by atoms with Crippen molar-refractivity contribution in [2.75, 3.05) is 6.16 Å². The Morgan fingerprint density at radius 3 is 1.19 bits per heavy atom. The van der Waals surface area contributed by atoms with Crippen molar-refractivity contribution in [1.82, 2.24) is 0 Å². The van der Waals surface area contributed by atoms with Crippen molar-refractivity contribution < 1.29 is 11.2 Å². The zero-order chi connectivity index (χ0) is 19.5. The Hall–Kier alpha value is -0.521. The summed E-state index contributed by atoms with van der Waals surface area (Å²) in [5.41, 5.74) is 0. The number of benzene rings is 3. The van der Waals surface area contributed by atoms with E-state index in [4.69, 9.17) is 30.3 Å². The molecule has 0 amide bonds. The van der Waals surface area contributed by atoms with Gasteiger partial charge < -0.3 is 0 Å². The summed E-state index contributed by atoms with van der Waals surface area (Å²) in [5, 5.41) is 4.47. The van der Waals surface area contributed by atoms with E-state index < -0.39 is 18.4 Å². The molecular formula is C22H24Cl3CuP. The second-order valence-electron chi connectivity index (χ2n) is 6.02. The van der Waals surface area contributed by atoms with E-state index in [1.165, 1.54) is 34.9 Å². The van der Waals surface area contributed by atoms with E-state index in [0.717, 1.165) is 0 Å². The average Bonchev–Trinajstić information content (AvgIpc) is 2.71. The van der Waals surface area contributed by atoms with Gasteiger partial charge in [-0.15, -0.1) is 0 Å². The van der Waals surface area contributed by atoms with Gasteiger partial charge in [-0.05, 0) is 42.8 Å². The van der Waals surface area contributed by atoms with Crippen LogP contribution >= 0.6 is 37.6 Å². The molecule has 0 N–H and O–H groups in total. The van der Waals surface area contributed by atoms with Crippen LogP contribution in [0.25, 0.3) is 0 Å². The monoisotopic (exact) mass is 487 g/mol. The van der Waals surface area contributed by atoms with Crippen LogP contribution < -0.4 is 15.9 Å². The molecule has 0 nitrogen and oxygen atoms in total. The molecule has 0 unspecified atom stereocenters. The van der Waals surface area contributed by atoms with Crippen LogP contribution in [0.15, 0.2) is 91.0 Å². The SMILES string of the molecule is CCCC[P+](c1ccccc1)(c1ccccc1)c1ccccc1.[Cl][Cu-]([Cl])[Cl]. The van der Waals surface area contributed by atoms with E-state index in [1.54, 1.807) is 0 Å². The molecule has 0 aliphatic heterocycles. The molecule has 0 radical (unpaired) electrons. The maximum atomic E-state index is 4.83. The number of hydrogen-bond donors (Lipinski definition) is 0. The standard InChI is InChI=1S/C22H24P.3ClH.Cu/c1-2-3-19-23(20-13-7-4-8-14-20,21-15-9-5-10-16-21)22-17-11-6-12-18-22;;;;/h4-18H,2-3,19H2,1H3;3*1H;/q+1;;;;+2/p-3. The Balaban J connectivity index is 0.000000596. The van der Waals surface area contributed by atoms with E-state index in [-0.39, 0.29) is 0 Å². The quantitative estimate of drug-likeness (QED) is 0.263. The van der Waals surface area contributed by atoms with E-state index in [0.29, 0.717) is 0 Å². The molecule has 0 aliphatic rings. The molecule has 3 rings (SSSR count). The Labute approximate surface area is 180 Å². The zero-order valence-corrected chi connectivity index (χ0v) is 19.3. The first-order valence-electron chi connectivity index (χ1n) is 8.77. The first-order chi connectivity index (χ1) is 13.1. The molecule has 0 fully saturated rings. The Bertz CT molecular complexity index is 668. The van der Waals surface area contributed by atoms with Gasteiger partial charge in [-0.1, -0.05) is 67.9 Å². The fourth-order valence-corrected chi connectivity index (χ4v) is 7.78. The molecule has 149 valence electrons. The van der Waals surface area contributed by atoms with Crippen LogP contribution in [0.4, 0.5) is 0 Å². The van der Waals surface area contributed by atoms with E-state index in [1.807, 2.05) is 0 Å². The van der Waals surface area contributed by atoms with Crippen LogP contribution in [-0.2, 0) is 11.2 Å². The Kier molecular flexibility index (Phi) is 10.2. The zero-order valence-electron chi connectivity index (χ0n) is 15.2. The Morgan fingerprint density at radius 1 is 0.630 bits per heavy atom. The van der Waals surface area contributed by atoms with Gasteiger partial charge in [0.05, 0.1) is 6.16 Å². The molecular weight excluding hydrogens is 465 g/mol. The van der Waals surface area contributed by atoms with Gasteiger partial charge in [-0.25, -0.2) is 0 Å². The first kappa shape index (κ1) is 22.8. The minimum atomic E-state index is -1.57. The molecule has 0 aliphatic carbocycles. The first-order valence-corrected chi connectivity index (χ1v) is 14.6. The predicted molar refractivity (Wildman–Crippen MR) is 122 cm³/mol. The second-order valence-corrected chi connectivity index (χ2v) is 14.3. The molecule has 0 saturated carbocycles. The van der Waals surface area contributed by atoms with Gasteiger partial charge >= 0.3 is 41.5 Å². The van der Waals surface area contributed by atoms with Crippen LogP contribution in [0.1, 0.15) is 19.8 Å². The van der Waals surface area contributed by atoms with Crippen molar-refractivity contribution in [2.24, 2.45) is 0 Å². The summed E-state index contributed by atoms with van der Waals surface area (Å²) in [6.45, 7) is 2.29. The second kappa shape index (κ2) is 12.1. The molecule has 5 heteroatoms. The third-order valence-corrected chi connectivity index (χ3v) is 8.96. The fourth-order valence-electron chi connectivity index (χ4n) is 3.28. The third kappa shape index (κ3) is 6.50. The third-order valence-electron chi connectivity index (χ3n) is 4.44. The van der Waals surface area contributed by atoms with Gasteiger partial charge in [-0.3, -0.25) is 0 Å². The summed E-state index contributed by atoms with van der Waals surface area (Å²) in [5.74, 6) is 0. The number of rotatable bonds is 6. The number of hydrogen-bond acceptors (Lipinski definition) is 0. The van der Waals surface area contributed by atoms with Crippen LogP contribution in [0.3, 0.4) is 0 Å². The molecule has 0 aromatic heterocycles. The summed E-state index contributed by atoms with van der Waals surface area (Å²) < 4.78 is 0. The molecule has 0 bridgehead atoms. The van der Waals surface area contributed by atoms with Crippen molar-refractivity contribution in [3.05, 3.63) is 91.0 Å². The summed E-state index contributed by atoms with van der Waals surface area (Å²) >= 11 is -0.896. The topological polar surface area (TPSA) is 0 Å².